The van der Waals surface area contributed by atoms with Crippen LogP contribution in [-0.2, 0) is 11.3 Å². The zero-order valence-electron chi connectivity index (χ0n) is 17.7. The van der Waals surface area contributed by atoms with Gasteiger partial charge in [-0.1, -0.05) is 22.0 Å². The van der Waals surface area contributed by atoms with E-state index in [1.165, 1.54) is 0 Å². The van der Waals surface area contributed by atoms with Crippen molar-refractivity contribution >= 4 is 50.8 Å². The molecule has 0 radical (unpaired) electrons. The summed E-state index contributed by atoms with van der Waals surface area (Å²) in [6.45, 7) is 0.970. The molecule has 0 aliphatic rings. The molecule has 1 aromatic heterocycles. The highest BCUT2D eigenvalue weighted by molar-refractivity contribution is 9.10. The second kappa shape index (κ2) is 12.1. The zero-order chi connectivity index (χ0) is 23.6. The molecule has 3 rings (SSSR count). The summed E-state index contributed by atoms with van der Waals surface area (Å²) in [6.07, 6.45) is 1.55. The van der Waals surface area contributed by atoms with Crippen LogP contribution in [0.25, 0.3) is 0 Å². The van der Waals surface area contributed by atoms with E-state index in [4.69, 9.17) is 26.1 Å². The summed E-state index contributed by atoms with van der Waals surface area (Å²) in [5.41, 5.74) is 1.30. The summed E-state index contributed by atoms with van der Waals surface area (Å²) < 4.78 is 16.5. The predicted molar refractivity (Wildman–Crippen MR) is 132 cm³/mol. The van der Waals surface area contributed by atoms with E-state index in [2.05, 4.69) is 31.9 Å². The molecule has 0 saturated carbocycles. The molecular weight excluding hydrogens is 510 g/mol. The quantitative estimate of drug-likeness (QED) is 0.282. The minimum absolute atomic E-state index is 0.0796. The smallest absolute Gasteiger partial charge is 0.261 e. The number of carbonyl (C=O) groups excluding carboxylic acids is 2. The highest BCUT2D eigenvalue weighted by Crippen LogP contribution is 2.23. The Balaban J connectivity index is 1.60. The van der Waals surface area contributed by atoms with Crippen LogP contribution < -0.4 is 20.7 Å². The number of benzene rings is 2. The third kappa shape index (κ3) is 7.41. The molecule has 1 heterocycles. The van der Waals surface area contributed by atoms with Gasteiger partial charge in [0.15, 0.2) is 5.11 Å². The molecule has 10 heteroatoms. The number of anilines is 1. The Morgan fingerprint density at radius 1 is 1.06 bits per heavy atom. The Labute approximate surface area is 204 Å². The fourth-order valence-electron chi connectivity index (χ4n) is 2.79. The van der Waals surface area contributed by atoms with Crippen LogP contribution in [-0.4, -0.2) is 37.3 Å². The average molecular weight is 532 g/mol. The van der Waals surface area contributed by atoms with Gasteiger partial charge in [0, 0.05) is 22.8 Å². The lowest BCUT2D eigenvalue weighted by molar-refractivity contribution is 0.0945. The monoisotopic (exact) mass is 531 g/mol. The summed E-state index contributed by atoms with van der Waals surface area (Å²) >= 11 is 8.64. The second-order valence-electron chi connectivity index (χ2n) is 6.73. The molecule has 0 aliphatic carbocycles. The van der Waals surface area contributed by atoms with Gasteiger partial charge in [0.1, 0.15) is 18.1 Å². The maximum absolute atomic E-state index is 12.8. The zero-order valence-corrected chi connectivity index (χ0v) is 20.1. The molecule has 2 aromatic carbocycles. The molecule has 172 valence electrons. The number of nitrogens with one attached hydrogen (secondary N) is 3. The van der Waals surface area contributed by atoms with Gasteiger partial charge in [-0.2, -0.15) is 0 Å². The van der Waals surface area contributed by atoms with Crippen LogP contribution in [0.2, 0.25) is 0 Å². The van der Waals surface area contributed by atoms with Crippen LogP contribution in [0.3, 0.4) is 0 Å². The summed E-state index contributed by atoms with van der Waals surface area (Å²) in [6, 6.07) is 15.4. The first-order chi connectivity index (χ1) is 16.0. The van der Waals surface area contributed by atoms with E-state index >= 15 is 0 Å². The molecule has 3 aromatic rings. The van der Waals surface area contributed by atoms with E-state index in [9.17, 15) is 9.59 Å². The van der Waals surface area contributed by atoms with Crippen molar-refractivity contribution in [2.75, 3.05) is 25.6 Å². The molecular formula is C23H22BrN3O5S. The first-order valence-electron chi connectivity index (χ1n) is 9.90. The predicted octanol–water partition coefficient (Wildman–Crippen LogP) is 4.12. The molecule has 3 N–H and O–H groups in total. The minimum Gasteiger partial charge on any atom is -0.490 e. The number of furan rings is 1. The molecule has 2 amide bonds. The van der Waals surface area contributed by atoms with E-state index in [-0.39, 0.29) is 17.6 Å². The van der Waals surface area contributed by atoms with Crippen LogP contribution in [0.15, 0.2) is 69.8 Å². The Morgan fingerprint density at radius 3 is 2.67 bits per heavy atom. The van der Waals surface area contributed by atoms with Gasteiger partial charge in [0.05, 0.1) is 25.0 Å². The number of ether oxygens (including phenoxy) is 2. The minimum atomic E-state index is -0.437. The van der Waals surface area contributed by atoms with Crippen molar-refractivity contribution in [3.8, 4) is 5.75 Å². The van der Waals surface area contributed by atoms with E-state index in [0.29, 0.717) is 41.5 Å². The lowest BCUT2D eigenvalue weighted by atomic mass is 10.2. The van der Waals surface area contributed by atoms with E-state index in [1.54, 1.807) is 68.0 Å². The number of amides is 2. The number of rotatable bonds is 9. The molecule has 0 spiro atoms. The van der Waals surface area contributed by atoms with Crippen molar-refractivity contribution in [1.29, 1.82) is 0 Å². The third-order valence-electron chi connectivity index (χ3n) is 4.34. The van der Waals surface area contributed by atoms with Crippen LogP contribution in [0, 0.1) is 0 Å². The highest BCUT2D eigenvalue weighted by atomic mass is 79.9. The van der Waals surface area contributed by atoms with Crippen LogP contribution in [0.5, 0.6) is 5.75 Å². The number of methoxy groups -OCH3 is 1. The first-order valence-corrected chi connectivity index (χ1v) is 11.1. The van der Waals surface area contributed by atoms with Gasteiger partial charge in [-0.25, -0.2) is 0 Å². The lowest BCUT2D eigenvalue weighted by Gasteiger charge is -2.14. The molecule has 8 nitrogen and oxygen atoms in total. The van der Waals surface area contributed by atoms with Crippen molar-refractivity contribution < 1.29 is 23.5 Å². The summed E-state index contributed by atoms with van der Waals surface area (Å²) in [5.74, 6) is 0.357. The highest BCUT2D eigenvalue weighted by Gasteiger charge is 2.15. The van der Waals surface area contributed by atoms with Crippen LogP contribution in [0.1, 0.15) is 26.5 Å². The lowest BCUT2D eigenvalue weighted by Crippen LogP contribution is -2.34. The summed E-state index contributed by atoms with van der Waals surface area (Å²) in [4.78, 5) is 25.2. The van der Waals surface area contributed by atoms with Crippen LogP contribution in [0.4, 0.5) is 5.69 Å². The fraction of sp³-hybridized carbons (Fsp3) is 0.174. The van der Waals surface area contributed by atoms with Gasteiger partial charge < -0.3 is 24.5 Å². The maximum Gasteiger partial charge on any atom is 0.261 e. The standard InChI is InChI=1S/C23H22BrN3O5S/c1-30-10-11-32-20-8-7-16(24)13-19(20)22(29)27-23(33)26-17-5-2-4-15(12-17)21(28)25-14-18-6-3-9-31-18/h2-9,12-13H,10-11,14H2,1H3,(H,25,28)(H2,26,27,29,33). The fourth-order valence-corrected chi connectivity index (χ4v) is 3.37. The van der Waals surface area contributed by atoms with Gasteiger partial charge in [0.25, 0.3) is 11.8 Å². The average Bonchev–Trinajstić information content (AvgIpc) is 3.32. The summed E-state index contributed by atoms with van der Waals surface area (Å²) in [5, 5.41) is 8.41. The molecule has 0 atom stereocenters. The topological polar surface area (TPSA) is 102 Å². The molecule has 0 bridgehead atoms. The number of hydrogen-bond acceptors (Lipinski definition) is 6. The SMILES string of the molecule is COCCOc1ccc(Br)cc1C(=O)NC(=S)Nc1cccc(C(=O)NCc2ccco2)c1. The van der Waals surface area contributed by atoms with E-state index in [0.717, 1.165) is 4.47 Å². The van der Waals surface area contributed by atoms with Crippen molar-refractivity contribution in [2.45, 2.75) is 6.54 Å². The normalized spacial score (nSPS) is 10.4. The molecule has 0 aliphatic heterocycles. The molecule has 33 heavy (non-hydrogen) atoms. The van der Waals surface area contributed by atoms with Crippen molar-refractivity contribution in [2.24, 2.45) is 0 Å². The van der Waals surface area contributed by atoms with Crippen molar-refractivity contribution in [3.63, 3.8) is 0 Å². The Bertz CT molecular complexity index is 1120. The Morgan fingerprint density at radius 2 is 1.91 bits per heavy atom. The maximum atomic E-state index is 12.8. The number of hydrogen-bond donors (Lipinski definition) is 3. The van der Waals surface area contributed by atoms with E-state index < -0.39 is 5.91 Å². The molecule has 0 fully saturated rings. The van der Waals surface area contributed by atoms with Gasteiger partial charge >= 0.3 is 0 Å². The second-order valence-corrected chi connectivity index (χ2v) is 8.06. The van der Waals surface area contributed by atoms with Gasteiger partial charge in [-0.3, -0.25) is 14.9 Å². The number of thiocarbonyl (C=S) groups is 1. The Kier molecular flexibility index (Phi) is 8.99. The number of halogens is 1. The first kappa shape index (κ1) is 24.4. The molecule has 0 saturated heterocycles. The third-order valence-corrected chi connectivity index (χ3v) is 5.04. The molecule has 0 unspecified atom stereocenters. The van der Waals surface area contributed by atoms with Crippen molar-refractivity contribution in [1.82, 2.24) is 10.6 Å². The van der Waals surface area contributed by atoms with Gasteiger partial charge in [0.2, 0.25) is 0 Å². The number of carbonyl (C=O) groups is 2. The summed E-state index contributed by atoms with van der Waals surface area (Å²) in [7, 11) is 1.57. The Hall–Kier alpha value is -3.21. The van der Waals surface area contributed by atoms with Gasteiger partial charge in [-0.15, -0.1) is 0 Å². The largest absolute Gasteiger partial charge is 0.490 e. The van der Waals surface area contributed by atoms with E-state index in [1.807, 2.05) is 0 Å². The van der Waals surface area contributed by atoms with Crippen LogP contribution >= 0.6 is 28.1 Å². The van der Waals surface area contributed by atoms with Crippen molar-refractivity contribution in [3.05, 3.63) is 82.2 Å². The van der Waals surface area contributed by atoms with Gasteiger partial charge in [-0.05, 0) is 60.7 Å².